The lowest BCUT2D eigenvalue weighted by atomic mass is 9.85. The number of piperidine rings is 1. The summed E-state index contributed by atoms with van der Waals surface area (Å²) in [6.45, 7) is 4.39. The molecule has 4 heteroatoms. The lowest BCUT2D eigenvalue weighted by Gasteiger charge is -2.40. The number of halogens is 2. The second kappa shape index (κ2) is 4.34. The Morgan fingerprint density at radius 2 is 2.20 bits per heavy atom. The molecule has 0 radical (unpaired) electrons. The fraction of sp³-hybridized carbons (Fsp3) is 1.00. The highest BCUT2D eigenvalue weighted by Crippen LogP contribution is 2.38. The molecule has 88 valence electrons. The largest absolute Gasteiger partial charge is 0.305 e. The Bertz CT molecular complexity index is 223. The van der Waals surface area contributed by atoms with Crippen LogP contribution in [0.15, 0.2) is 0 Å². The lowest BCUT2D eigenvalue weighted by molar-refractivity contribution is -0.00164. The molecular formula is C11H20F2N2. The van der Waals surface area contributed by atoms with E-state index in [2.05, 4.69) is 10.2 Å². The average molecular weight is 218 g/mol. The molecule has 0 saturated carbocycles. The molecule has 0 bridgehead atoms. The van der Waals surface area contributed by atoms with Gasteiger partial charge in [0.2, 0.25) is 0 Å². The van der Waals surface area contributed by atoms with Gasteiger partial charge < -0.3 is 5.32 Å². The van der Waals surface area contributed by atoms with Gasteiger partial charge in [-0.3, -0.25) is 4.90 Å². The summed E-state index contributed by atoms with van der Waals surface area (Å²) in [5, 5.41) is 3.06. The van der Waals surface area contributed by atoms with Crippen molar-refractivity contribution < 1.29 is 8.78 Å². The lowest BCUT2D eigenvalue weighted by Crippen LogP contribution is -2.60. The Labute approximate surface area is 90.0 Å². The van der Waals surface area contributed by atoms with Crippen LogP contribution in [0.25, 0.3) is 0 Å². The molecular weight excluding hydrogens is 198 g/mol. The third-order valence-corrected chi connectivity index (χ3v) is 3.92. The van der Waals surface area contributed by atoms with E-state index in [0.717, 1.165) is 25.9 Å². The molecule has 0 amide bonds. The van der Waals surface area contributed by atoms with Crippen molar-refractivity contribution in [2.45, 2.75) is 50.6 Å². The Morgan fingerprint density at radius 3 is 2.87 bits per heavy atom. The van der Waals surface area contributed by atoms with Gasteiger partial charge in [0.15, 0.2) is 0 Å². The zero-order chi connectivity index (χ0) is 10.9. The first-order chi connectivity index (χ1) is 7.20. The zero-order valence-electron chi connectivity index (χ0n) is 9.31. The van der Waals surface area contributed by atoms with Gasteiger partial charge in [0.05, 0.1) is 5.54 Å². The van der Waals surface area contributed by atoms with Gasteiger partial charge in [0.1, 0.15) is 0 Å². The van der Waals surface area contributed by atoms with Crippen LogP contribution in [0.1, 0.15) is 32.6 Å². The highest BCUT2D eigenvalue weighted by atomic mass is 19.3. The molecule has 2 nitrogen and oxygen atoms in total. The van der Waals surface area contributed by atoms with Crippen molar-refractivity contribution in [3.05, 3.63) is 0 Å². The first-order valence-corrected chi connectivity index (χ1v) is 5.98. The van der Waals surface area contributed by atoms with E-state index in [1.807, 2.05) is 6.92 Å². The van der Waals surface area contributed by atoms with Crippen LogP contribution in [0, 0.1) is 0 Å². The van der Waals surface area contributed by atoms with Crippen LogP contribution >= 0.6 is 0 Å². The van der Waals surface area contributed by atoms with Crippen LogP contribution in [0.4, 0.5) is 8.78 Å². The summed E-state index contributed by atoms with van der Waals surface area (Å²) in [7, 11) is 0. The summed E-state index contributed by atoms with van der Waals surface area (Å²) in [6, 6.07) is 0.0613. The molecule has 0 aromatic rings. The maximum Gasteiger partial charge on any atom is 0.258 e. The number of alkyl halides is 2. The van der Waals surface area contributed by atoms with Crippen LogP contribution in [-0.4, -0.2) is 42.5 Å². The van der Waals surface area contributed by atoms with Crippen molar-refractivity contribution in [2.75, 3.05) is 19.6 Å². The minimum atomic E-state index is -2.24. The number of hydrogen-bond donors (Lipinski definition) is 1. The number of likely N-dealkylation sites (N-methyl/N-ethyl adjacent to an activating group) is 1. The SMILES string of the molecule is CCNC1(C(F)F)CCN2CCCCC21. The van der Waals surface area contributed by atoms with E-state index in [1.165, 1.54) is 6.42 Å². The van der Waals surface area contributed by atoms with Crippen LogP contribution in [0.5, 0.6) is 0 Å². The Kier molecular flexibility index (Phi) is 3.26. The highest BCUT2D eigenvalue weighted by molar-refractivity contribution is 5.08. The fourth-order valence-electron chi connectivity index (χ4n) is 3.20. The average Bonchev–Trinajstić information content (AvgIpc) is 2.60. The van der Waals surface area contributed by atoms with Gasteiger partial charge in [-0.2, -0.15) is 0 Å². The number of hydrogen-bond acceptors (Lipinski definition) is 2. The molecule has 2 aliphatic rings. The number of fused-ring (bicyclic) bond motifs is 1. The Morgan fingerprint density at radius 1 is 1.40 bits per heavy atom. The molecule has 2 fully saturated rings. The smallest absolute Gasteiger partial charge is 0.258 e. The molecule has 2 rings (SSSR count). The van der Waals surface area contributed by atoms with Gasteiger partial charge in [0, 0.05) is 12.6 Å². The molecule has 15 heavy (non-hydrogen) atoms. The van der Waals surface area contributed by atoms with Crippen molar-refractivity contribution in [3.8, 4) is 0 Å². The number of rotatable bonds is 3. The molecule has 0 aromatic carbocycles. The summed E-state index contributed by atoms with van der Waals surface area (Å²) in [5.74, 6) is 0. The van der Waals surface area contributed by atoms with Gasteiger partial charge in [-0.1, -0.05) is 13.3 Å². The summed E-state index contributed by atoms with van der Waals surface area (Å²) in [6.07, 6.45) is 1.55. The number of nitrogens with zero attached hydrogens (tertiary/aromatic N) is 1. The summed E-state index contributed by atoms with van der Waals surface area (Å²) < 4.78 is 26.5. The van der Waals surface area contributed by atoms with Crippen LogP contribution in [0.3, 0.4) is 0 Å². The van der Waals surface area contributed by atoms with E-state index in [0.29, 0.717) is 13.0 Å². The normalized spacial score (nSPS) is 37.2. The molecule has 2 heterocycles. The predicted octanol–water partition coefficient (Wildman–Crippen LogP) is 1.86. The van der Waals surface area contributed by atoms with Crippen molar-refractivity contribution in [3.63, 3.8) is 0 Å². The molecule has 2 atom stereocenters. The van der Waals surface area contributed by atoms with E-state index in [1.54, 1.807) is 0 Å². The van der Waals surface area contributed by atoms with Crippen LogP contribution in [0.2, 0.25) is 0 Å². The quantitative estimate of drug-likeness (QED) is 0.778. The van der Waals surface area contributed by atoms with Gasteiger partial charge >= 0.3 is 0 Å². The molecule has 0 spiro atoms. The van der Waals surface area contributed by atoms with E-state index >= 15 is 0 Å². The molecule has 2 unspecified atom stereocenters. The minimum absolute atomic E-state index is 0.0613. The maximum absolute atomic E-state index is 13.3. The van der Waals surface area contributed by atoms with Crippen LogP contribution in [-0.2, 0) is 0 Å². The summed E-state index contributed by atoms with van der Waals surface area (Å²) in [5.41, 5.74) is -0.921. The fourth-order valence-corrected chi connectivity index (χ4v) is 3.20. The van der Waals surface area contributed by atoms with Gasteiger partial charge in [-0.15, -0.1) is 0 Å². The molecule has 0 aliphatic carbocycles. The molecule has 2 aliphatic heterocycles. The van der Waals surface area contributed by atoms with Crippen molar-refractivity contribution >= 4 is 0 Å². The summed E-state index contributed by atoms with van der Waals surface area (Å²) >= 11 is 0. The second-order valence-corrected chi connectivity index (χ2v) is 4.67. The monoisotopic (exact) mass is 218 g/mol. The first kappa shape index (κ1) is 11.3. The predicted molar refractivity (Wildman–Crippen MR) is 56.2 cm³/mol. The van der Waals surface area contributed by atoms with E-state index in [4.69, 9.17) is 0 Å². The zero-order valence-corrected chi connectivity index (χ0v) is 9.31. The van der Waals surface area contributed by atoms with E-state index in [9.17, 15) is 8.78 Å². The standard InChI is InChI=1S/C11H20F2N2/c1-2-14-11(10(12)13)6-8-15-7-4-3-5-9(11)15/h9-10,14H,2-8H2,1H3. The Hall–Kier alpha value is -0.220. The topological polar surface area (TPSA) is 15.3 Å². The Balaban J connectivity index is 2.17. The van der Waals surface area contributed by atoms with Gasteiger partial charge in [0.25, 0.3) is 6.43 Å². The van der Waals surface area contributed by atoms with Crippen molar-refractivity contribution in [2.24, 2.45) is 0 Å². The minimum Gasteiger partial charge on any atom is -0.305 e. The first-order valence-electron chi connectivity index (χ1n) is 5.98. The van der Waals surface area contributed by atoms with Crippen LogP contribution < -0.4 is 5.32 Å². The molecule has 0 aromatic heterocycles. The van der Waals surface area contributed by atoms with Gasteiger partial charge in [-0.25, -0.2) is 8.78 Å². The second-order valence-electron chi connectivity index (χ2n) is 4.67. The summed E-state index contributed by atoms with van der Waals surface area (Å²) in [4.78, 5) is 2.25. The van der Waals surface area contributed by atoms with Crippen molar-refractivity contribution in [1.29, 1.82) is 0 Å². The van der Waals surface area contributed by atoms with Gasteiger partial charge in [-0.05, 0) is 32.4 Å². The van der Waals surface area contributed by atoms with E-state index < -0.39 is 12.0 Å². The third-order valence-electron chi connectivity index (χ3n) is 3.92. The third kappa shape index (κ3) is 1.78. The highest BCUT2D eigenvalue weighted by Gasteiger charge is 2.53. The van der Waals surface area contributed by atoms with E-state index in [-0.39, 0.29) is 6.04 Å². The molecule has 2 saturated heterocycles. The van der Waals surface area contributed by atoms with Crippen molar-refractivity contribution in [1.82, 2.24) is 10.2 Å². The maximum atomic E-state index is 13.3. The number of nitrogens with one attached hydrogen (secondary N) is 1. The molecule has 1 N–H and O–H groups in total.